The third-order valence-corrected chi connectivity index (χ3v) is 3.85. The summed E-state index contributed by atoms with van der Waals surface area (Å²) in [7, 11) is 2.86. The lowest BCUT2D eigenvalue weighted by molar-refractivity contribution is -0.142. The fourth-order valence-electron chi connectivity index (χ4n) is 2.57. The van der Waals surface area contributed by atoms with Gasteiger partial charge in [-0.25, -0.2) is 9.59 Å². The summed E-state index contributed by atoms with van der Waals surface area (Å²) >= 11 is 0. The molecular weight excluding hydrogens is 306 g/mol. The van der Waals surface area contributed by atoms with Crippen LogP contribution in [0.2, 0.25) is 0 Å². The summed E-state index contributed by atoms with van der Waals surface area (Å²) in [6.07, 6.45) is 1.22. The van der Waals surface area contributed by atoms with E-state index in [1.807, 2.05) is 0 Å². The third kappa shape index (κ3) is 2.39. The van der Waals surface area contributed by atoms with Gasteiger partial charge in [0, 0.05) is 20.6 Å². The van der Waals surface area contributed by atoms with Crippen molar-refractivity contribution in [2.24, 2.45) is 24.4 Å². The molecule has 2 N–H and O–H groups in total. The Balaban J connectivity index is 1.99. The number of aliphatic carboxylic acids is 1. The van der Waals surface area contributed by atoms with E-state index in [1.165, 1.54) is 23.7 Å². The number of aromatic amines is 1. The van der Waals surface area contributed by atoms with E-state index in [1.54, 1.807) is 0 Å². The molecule has 3 heterocycles. The molecule has 1 aliphatic rings. The number of carbonyl (C=O) groups is 1. The van der Waals surface area contributed by atoms with Crippen LogP contribution in [0.3, 0.4) is 0 Å². The fourth-order valence-corrected chi connectivity index (χ4v) is 2.57. The molecule has 11 heteroatoms. The van der Waals surface area contributed by atoms with Gasteiger partial charge in [0.2, 0.25) is 0 Å². The molecule has 2 aromatic rings. The first-order chi connectivity index (χ1) is 10.9. The van der Waals surface area contributed by atoms with Gasteiger partial charge in [0.05, 0.1) is 0 Å². The summed E-state index contributed by atoms with van der Waals surface area (Å²) in [5.74, 6) is -0.920. The maximum atomic E-state index is 12.0. The van der Waals surface area contributed by atoms with Crippen LogP contribution in [-0.2, 0) is 18.9 Å². The van der Waals surface area contributed by atoms with E-state index in [-0.39, 0.29) is 17.1 Å². The Kier molecular flexibility index (Phi) is 3.47. The Labute approximate surface area is 128 Å². The van der Waals surface area contributed by atoms with Crippen LogP contribution in [0.1, 0.15) is 12.8 Å². The van der Waals surface area contributed by atoms with Crippen LogP contribution in [0.5, 0.6) is 0 Å². The zero-order chi connectivity index (χ0) is 16.7. The summed E-state index contributed by atoms with van der Waals surface area (Å²) < 4.78 is 2.19. The van der Waals surface area contributed by atoms with Gasteiger partial charge in [-0.3, -0.25) is 18.9 Å². The summed E-state index contributed by atoms with van der Waals surface area (Å²) in [5.41, 5.74) is -0.701. The van der Waals surface area contributed by atoms with Crippen molar-refractivity contribution < 1.29 is 9.90 Å². The average Bonchev–Trinajstić information content (AvgIpc) is 3.15. The van der Waals surface area contributed by atoms with Crippen molar-refractivity contribution in [1.82, 2.24) is 24.1 Å². The Bertz CT molecular complexity index is 922. The SMILES string of the molecule is Cn1c(=O)c2[nH]c(/N=N/N3CCCC3C(=O)O)nc2n(C)c1=O. The Morgan fingerprint density at radius 2 is 2.09 bits per heavy atom. The number of aromatic nitrogens is 4. The Morgan fingerprint density at radius 1 is 1.35 bits per heavy atom. The molecule has 0 aliphatic carbocycles. The first kappa shape index (κ1) is 14.9. The second-order valence-electron chi connectivity index (χ2n) is 5.31. The van der Waals surface area contributed by atoms with Crippen LogP contribution >= 0.6 is 0 Å². The monoisotopic (exact) mass is 321 g/mol. The van der Waals surface area contributed by atoms with Crippen LogP contribution in [-0.4, -0.2) is 47.8 Å². The predicted molar refractivity (Wildman–Crippen MR) is 78.5 cm³/mol. The van der Waals surface area contributed by atoms with E-state index in [9.17, 15) is 14.4 Å². The number of nitrogens with one attached hydrogen (secondary N) is 1. The molecule has 0 spiro atoms. The van der Waals surface area contributed by atoms with Crippen LogP contribution < -0.4 is 11.2 Å². The molecule has 0 radical (unpaired) electrons. The van der Waals surface area contributed by atoms with Gasteiger partial charge < -0.3 is 10.1 Å². The normalized spacial score (nSPS) is 18.3. The lowest BCUT2D eigenvalue weighted by Crippen LogP contribution is -2.36. The smallest absolute Gasteiger partial charge is 0.332 e. The van der Waals surface area contributed by atoms with E-state index in [2.05, 4.69) is 20.3 Å². The highest BCUT2D eigenvalue weighted by molar-refractivity contribution is 5.73. The van der Waals surface area contributed by atoms with Crippen molar-refractivity contribution >= 4 is 23.1 Å². The number of hydrogen-bond acceptors (Lipinski definition) is 6. The van der Waals surface area contributed by atoms with Crippen molar-refractivity contribution in [2.75, 3.05) is 6.54 Å². The third-order valence-electron chi connectivity index (χ3n) is 3.85. The van der Waals surface area contributed by atoms with Crippen molar-refractivity contribution in [2.45, 2.75) is 18.9 Å². The number of hydrogen-bond donors (Lipinski definition) is 2. The van der Waals surface area contributed by atoms with E-state index >= 15 is 0 Å². The molecule has 0 aromatic carbocycles. The summed E-state index contributed by atoms with van der Waals surface area (Å²) in [6, 6.07) is -0.708. The second kappa shape index (κ2) is 5.34. The zero-order valence-corrected chi connectivity index (χ0v) is 12.6. The molecule has 1 fully saturated rings. The second-order valence-corrected chi connectivity index (χ2v) is 5.31. The van der Waals surface area contributed by atoms with Gasteiger partial charge in [0.1, 0.15) is 6.04 Å². The van der Waals surface area contributed by atoms with Crippen LogP contribution in [0.4, 0.5) is 5.95 Å². The number of carboxylic acid groups (broad SMARTS) is 1. The Hall–Kier alpha value is -2.98. The van der Waals surface area contributed by atoms with E-state index in [0.29, 0.717) is 19.4 Å². The van der Waals surface area contributed by atoms with Gasteiger partial charge in [0.15, 0.2) is 11.2 Å². The lowest BCUT2D eigenvalue weighted by atomic mass is 10.2. The van der Waals surface area contributed by atoms with Crippen LogP contribution in [0, 0.1) is 0 Å². The average molecular weight is 321 g/mol. The van der Waals surface area contributed by atoms with Crippen LogP contribution in [0.25, 0.3) is 11.2 Å². The van der Waals surface area contributed by atoms with Gasteiger partial charge in [-0.2, -0.15) is 4.98 Å². The highest BCUT2D eigenvalue weighted by atomic mass is 16.4. The molecule has 1 unspecified atom stereocenters. The molecular formula is C12H15N7O4. The number of H-pyrrole nitrogens is 1. The first-order valence-electron chi connectivity index (χ1n) is 6.97. The van der Waals surface area contributed by atoms with Crippen molar-refractivity contribution in [3.63, 3.8) is 0 Å². The molecule has 2 aromatic heterocycles. The number of rotatable bonds is 3. The molecule has 0 amide bonds. The minimum Gasteiger partial charge on any atom is -0.480 e. The van der Waals surface area contributed by atoms with Gasteiger partial charge in [-0.1, -0.05) is 10.3 Å². The molecule has 0 saturated carbocycles. The highest BCUT2D eigenvalue weighted by Gasteiger charge is 2.30. The number of aryl methyl sites for hydroxylation is 1. The largest absolute Gasteiger partial charge is 0.480 e. The maximum absolute atomic E-state index is 12.0. The van der Waals surface area contributed by atoms with Crippen molar-refractivity contribution in [1.29, 1.82) is 0 Å². The fraction of sp³-hybridized carbons (Fsp3) is 0.500. The minimum absolute atomic E-state index is 0.0364. The van der Waals surface area contributed by atoms with Crippen LogP contribution in [0.15, 0.2) is 19.9 Å². The topological polar surface area (TPSA) is 138 Å². The summed E-state index contributed by atoms with van der Waals surface area (Å²) in [5, 5.41) is 18.2. The molecule has 23 heavy (non-hydrogen) atoms. The number of carboxylic acids is 1. The van der Waals surface area contributed by atoms with Gasteiger partial charge in [-0.05, 0) is 12.8 Å². The standard InChI is InChI=1S/C12H15N7O4/c1-17-8-7(9(20)18(2)12(17)23)13-11(14-8)15-16-19-5-3-4-6(19)10(21)22/h6H,3-5H2,1-2H3,(H,13,14)(H,21,22)/b16-15+. The lowest BCUT2D eigenvalue weighted by Gasteiger charge is -2.14. The van der Waals surface area contributed by atoms with E-state index in [4.69, 9.17) is 5.11 Å². The van der Waals surface area contributed by atoms with Gasteiger partial charge >= 0.3 is 11.7 Å². The number of fused-ring (bicyclic) bond motifs is 1. The number of nitrogens with zero attached hydrogens (tertiary/aromatic N) is 6. The van der Waals surface area contributed by atoms with E-state index in [0.717, 1.165) is 4.57 Å². The Morgan fingerprint density at radius 3 is 2.78 bits per heavy atom. The first-order valence-corrected chi connectivity index (χ1v) is 6.97. The van der Waals surface area contributed by atoms with Crippen molar-refractivity contribution in [3.05, 3.63) is 20.8 Å². The maximum Gasteiger partial charge on any atom is 0.332 e. The van der Waals surface area contributed by atoms with Crippen molar-refractivity contribution in [3.8, 4) is 0 Å². The molecule has 11 nitrogen and oxygen atoms in total. The quantitative estimate of drug-likeness (QED) is 0.731. The molecule has 1 aliphatic heterocycles. The molecule has 1 saturated heterocycles. The highest BCUT2D eigenvalue weighted by Crippen LogP contribution is 2.19. The minimum atomic E-state index is -0.956. The molecule has 3 rings (SSSR count). The summed E-state index contributed by atoms with van der Waals surface area (Å²) in [6.45, 7) is 0.487. The molecule has 122 valence electrons. The predicted octanol–water partition coefficient (Wildman–Crippen LogP) is -0.492. The summed E-state index contributed by atoms with van der Waals surface area (Å²) in [4.78, 5) is 41.7. The number of imidazole rings is 1. The van der Waals surface area contributed by atoms with E-state index < -0.39 is 23.3 Å². The van der Waals surface area contributed by atoms with Gasteiger partial charge in [0.25, 0.3) is 11.5 Å². The molecule has 0 bridgehead atoms. The molecule has 1 atom stereocenters. The zero-order valence-electron chi connectivity index (χ0n) is 12.6. The van der Waals surface area contributed by atoms with Gasteiger partial charge in [-0.15, -0.1) is 0 Å².